The standard InChI is InChI=1S/C20H12N6O9/c27-19(13-9-17(25(31)32)11-18(10-13)26(33)34)22-21-14-4-6-15(7-5-14)23-35-20(28)12-2-1-3-16(8-12)24(29)30/h1-11,23H. The Labute approximate surface area is 194 Å². The average Bonchev–Trinajstić information content (AvgIpc) is 2.86. The van der Waals surface area contributed by atoms with Crippen molar-refractivity contribution in [1.82, 2.24) is 0 Å². The fourth-order valence-corrected chi connectivity index (χ4v) is 2.60. The van der Waals surface area contributed by atoms with Crippen LogP contribution in [0.25, 0.3) is 0 Å². The second-order valence-corrected chi connectivity index (χ2v) is 6.60. The number of amides is 1. The molecule has 0 unspecified atom stereocenters. The number of non-ortho nitro benzene ring substituents is 3. The van der Waals surface area contributed by atoms with Gasteiger partial charge in [-0.3, -0.25) is 35.1 Å². The second kappa shape index (κ2) is 10.3. The van der Waals surface area contributed by atoms with Crippen LogP contribution >= 0.6 is 0 Å². The van der Waals surface area contributed by atoms with E-state index in [1.165, 1.54) is 42.5 Å². The number of nitro benzene ring substituents is 3. The maximum absolute atomic E-state index is 12.2. The molecule has 3 aromatic rings. The zero-order chi connectivity index (χ0) is 25.5. The zero-order valence-electron chi connectivity index (χ0n) is 17.3. The molecule has 0 aliphatic heterocycles. The summed E-state index contributed by atoms with van der Waals surface area (Å²) in [6, 6.07) is 13.0. The van der Waals surface area contributed by atoms with Crippen molar-refractivity contribution in [3.63, 3.8) is 0 Å². The number of nitrogens with zero attached hydrogens (tertiary/aromatic N) is 5. The molecule has 0 aliphatic rings. The van der Waals surface area contributed by atoms with Crippen LogP contribution in [0.15, 0.2) is 77.0 Å². The maximum Gasteiger partial charge on any atom is 0.363 e. The lowest BCUT2D eigenvalue weighted by molar-refractivity contribution is -0.394. The highest BCUT2D eigenvalue weighted by atomic mass is 16.7. The molecule has 35 heavy (non-hydrogen) atoms. The summed E-state index contributed by atoms with van der Waals surface area (Å²) in [6.07, 6.45) is 0. The smallest absolute Gasteiger partial charge is 0.338 e. The minimum Gasteiger partial charge on any atom is -0.338 e. The quantitative estimate of drug-likeness (QED) is 0.270. The molecule has 0 saturated carbocycles. The lowest BCUT2D eigenvalue weighted by Crippen LogP contribution is -2.10. The van der Waals surface area contributed by atoms with Crippen LogP contribution in [0.2, 0.25) is 0 Å². The van der Waals surface area contributed by atoms with Crippen molar-refractivity contribution < 1.29 is 29.2 Å². The second-order valence-electron chi connectivity index (χ2n) is 6.60. The van der Waals surface area contributed by atoms with Crippen molar-refractivity contribution in [2.45, 2.75) is 0 Å². The van der Waals surface area contributed by atoms with Crippen molar-refractivity contribution in [2.75, 3.05) is 5.48 Å². The normalized spacial score (nSPS) is 10.5. The monoisotopic (exact) mass is 480 g/mol. The number of anilines is 1. The Morgan fingerprint density at radius 1 is 0.743 bits per heavy atom. The Morgan fingerprint density at radius 3 is 1.89 bits per heavy atom. The molecule has 0 bridgehead atoms. The molecule has 0 radical (unpaired) electrons. The number of nitrogens with one attached hydrogen (secondary N) is 1. The van der Waals surface area contributed by atoms with E-state index in [0.29, 0.717) is 11.8 Å². The Bertz CT molecular complexity index is 1340. The van der Waals surface area contributed by atoms with Crippen LogP contribution in [0.5, 0.6) is 0 Å². The summed E-state index contributed by atoms with van der Waals surface area (Å²) >= 11 is 0. The number of nitro groups is 3. The number of carbonyl (C=O) groups is 2. The molecule has 0 aromatic heterocycles. The third-order valence-electron chi connectivity index (χ3n) is 4.25. The van der Waals surface area contributed by atoms with Gasteiger partial charge in [-0.05, 0) is 30.3 Å². The largest absolute Gasteiger partial charge is 0.363 e. The van der Waals surface area contributed by atoms with Crippen molar-refractivity contribution in [3.05, 3.63) is 108 Å². The summed E-state index contributed by atoms with van der Waals surface area (Å²) < 4.78 is 0. The third-order valence-corrected chi connectivity index (χ3v) is 4.25. The first kappa shape index (κ1) is 24.1. The molecule has 0 atom stereocenters. The Kier molecular flexibility index (Phi) is 7.11. The van der Waals surface area contributed by atoms with Gasteiger partial charge in [0.05, 0.1) is 43.3 Å². The highest BCUT2D eigenvalue weighted by Crippen LogP contribution is 2.24. The third kappa shape index (κ3) is 6.22. The first-order chi connectivity index (χ1) is 16.6. The van der Waals surface area contributed by atoms with E-state index >= 15 is 0 Å². The van der Waals surface area contributed by atoms with E-state index in [1.54, 1.807) is 0 Å². The SMILES string of the molecule is O=C(N=Nc1ccc(NOC(=O)c2cccc([N+](=O)[O-])c2)cc1)c1cc([N+](=O)[O-])cc([N+](=O)[O-])c1. The Morgan fingerprint density at radius 2 is 1.31 bits per heavy atom. The van der Waals surface area contributed by atoms with Crippen LogP contribution in [0.4, 0.5) is 28.4 Å². The van der Waals surface area contributed by atoms with Crippen LogP contribution in [0.3, 0.4) is 0 Å². The highest BCUT2D eigenvalue weighted by Gasteiger charge is 2.20. The average molecular weight is 480 g/mol. The molecule has 15 nitrogen and oxygen atoms in total. The predicted molar refractivity (Wildman–Crippen MR) is 117 cm³/mol. The van der Waals surface area contributed by atoms with E-state index in [9.17, 15) is 39.9 Å². The number of carbonyl (C=O) groups excluding carboxylic acids is 2. The number of azo groups is 1. The number of rotatable bonds is 8. The van der Waals surface area contributed by atoms with Gasteiger partial charge in [0.15, 0.2) is 0 Å². The summed E-state index contributed by atoms with van der Waals surface area (Å²) in [7, 11) is 0. The molecule has 3 aromatic carbocycles. The Hall–Kier alpha value is -5.60. The summed E-state index contributed by atoms with van der Waals surface area (Å²) in [5, 5.41) is 39.7. The van der Waals surface area contributed by atoms with Gasteiger partial charge >= 0.3 is 5.97 Å². The molecule has 1 N–H and O–H groups in total. The van der Waals surface area contributed by atoms with Crippen LogP contribution in [0, 0.1) is 30.3 Å². The lowest BCUT2D eigenvalue weighted by Gasteiger charge is -2.06. The number of hydrogen-bond donors (Lipinski definition) is 1. The van der Waals surface area contributed by atoms with Gasteiger partial charge in [-0.25, -0.2) is 10.3 Å². The number of benzene rings is 3. The first-order valence-corrected chi connectivity index (χ1v) is 9.35. The molecule has 0 fully saturated rings. The van der Waals surface area contributed by atoms with Crippen LogP contribution in [0.1, 0.15) is 20.7 Å². The van der Waals surface area contributed by atoms with Crippen LogP contribution in [-0.2, 0) is 4.84 Å². The van der Waals surface area contributed by atoms with Crippen LogP contribution in [-0.4, -0.2) is 26.6 Å². The fraction of sp³-hybridized carbons (Fsp3) is 0. The number of hydrogen-bond acceptors (Lipinski definition) is 11. The maximum atomic E-state index is 12.2. The topological polar surface area (TPSA) is 210 Å². The molecular weight excluding hydrogens is 468 g/mol. The van der Waals surface area contributed by atoms with Gasteiger partial charge in [-0.1, -0.05) is 6.07 Å². The van der Waals surface area contributed by atoms with Crippen molar-refractivity contribution in [1.29, 1.82) is 0 Å². The lowest BCUT2D eigenvalue weighted by atomic mass is 10.1. The molecule has 3 rings (SSSR count). The molecule has 15 heteroatoms. The van der Waals surface area contributed by atoms with Gasteiger partial charge in [-0.2, -0.15) is 0 Å². The van der Waals surface area contributed by atoms with E-state index in [4.69, 9.17) is 4.84 Å². The molecule has 1 amide bonds. The summed E-state index contributed by atoms with van der Waals surface area (Å²) in [5.74, 6) is -1.90. The van der Waals surface area contributed by atoms with Crippen molar-refractivity contribution in [3.8, 4) is 0 Å². The van der Waals surface area contributed by atoms with Crippen molar-refractivity contribution >= 4 is 40.3 Å². The van der Waals surface area contributed by atoms with E-state index < -0.39 is 38.0 Å². The summed E-state index contributed by atoms with van der Waals surface area (Å²) in [5.41, 5.74) is 0.828. The zero-order valence-corrected chi connectivity index (χ0v) is 17.3. The van der Waals surface area contributed by atoms with Gasteiger partial charge in [0, 0.05) is 24.3 Å². The molecule has 176 valence electrons. The first-order valence-electron chi connectivity index (χ1n) is 9.35. The molecule has 0 spiro atoms. The predicted octanol–water partition coefficient (Wildman–Crippen LogP) is 4.52. The summed E-state index contributed by atoms with van der Waals surface area (Å²) in [4.78, 5) is 59.4. The van der Waals surface area contributed by atoms with E-state index in [2.05, 4.69) is 15.7 Å². The van der Waals surface area contributed by atoms with Crippen molar-refractivity contribution in [2.24, 2.45) is 10.2 Å². The van der Waals surface area contributed by atoms with Gasteiger partial charge in [0.2, 0.25) is 0 Å². The van der Waals surface area contributed by atoms with Crippen LogP contribution < -0.4 is 5.48 Å². The van der Waals surface area contributed by atoms with E-state index in [1.807, 2.05) is 0 Å². The van der Waals surface area contributed by atoms with Gasteiger partial charge in [0.25, 0.3) is 23.0 Å². The Balaban J connectivity index is 1.65. The van der Waals surface area contributed by atoms with E-state index in [-0.39, 0.29) is 22.5 Å². The molecular formula is C20H12N6O9. The van der Waals surface area contributed by atoms with E-state index in [0.717, 1.165) is 18.2 Å². The minimum atomic E-state index is -1.04. The molecule has 0 aliphatic carbocycles. The highest BCUT2D eigenvalue weighted by molar-refractivity contribution is 5.96. The molecule has 0 heterocycles. The molecule has 0 saturated heterocycles. The van der Waals surface area contributed by atoms with Gasteiger partial charge in [0.1, 0.15) is 0 Å². The van der Waals surface area contributed by atoms with Gasteiger partial charge in [-0.15, -0.1) is 10.2 Å². The summed E-state index contributed by atoms with van der Waals surface area (Å²) in [6.45, 7) is 0. The van der Waals surface area contributed by atoms with Gasteiger partial charge < -0.3 is 4.84 Å². The fourth-order valence-electron chi connectivity index (χ4n) is 2.60. The minimum absolute atomic E-state index is 0.0444.